The van der Waals surface area contributed by atoms with Crippen molar-refractivity contribution in [2.75, 3.05) is 10.8 Å². The molecule has 6 heteroatoms. The predicted molar refractivity (Wildman–Crippen MR) is 80.8 cm³/mol. The van der Waals surface area contributed by atoms with E-state index in [0.29, 0.717) is 17.2 Å². The van der Waals surface area contributed by atoms with Crippen LogP contribution in [0, 0.1) is 13.8 Å². The number of benzene rings is 1. The first-order valence-corrected chi connectivity index (χ1v) is 8.09. The summed E-state index contributed by atoms with van der Waals surface area (Å²) in [4.78, 5) is 0.129. The van der Waals surface area contributed by atoms with Gasteiger partial charge in [-0.3, -0.25) is 4.31 Å². The SMILES string of the molecule is Cc1cc(S(=O)(=O)N(CC(C)O)c2ccccc2)c(C)o1. The van der Waals surface area contributed by atoms with Gasteiger partial charge in [0.25, 0.3) is 10.0 Å². The van der Waals surface area contributed by atoms with Crippen molar-refractivity contribution in [2.45, 2.75) is 31.8 Å². The van der Waals surface area contributed by atoms with Crippen molar-refractivity contribution in [3.63, 3.8) is 0 Å². The molecule has 114 valence electrons. The Hall–Kier alpha value is -1.79. The molecule has 0 aliphatic rings. The van der Waals surface area contributed by atoms with Crippen LogP contribution in [0.2, 0.25) is 0 Å². The molecule has 0 saturated carbocycles. The van der Waals surface area contributed by atoms with Crippen LogP contribution in [0.25, 0.3) is 0 Å². The number of nitrogens with zero attached hydrogens (tertiary/aromatic N) is 1. The first-order valence-electron chi connectivity index (χ1n) is 6.65. The van der Waals surface area contributed by atoms with Gasteiger partial charge >= 0.3 is 0 Å². The van der Waals surface area contributed by atoms with Gasteiger partial charge in [-0.15, -0.1) is 0 Å². The first-order chi connectivity index (χ1) is 9.82. The van der Waals surface area contributed by atoms with Gasteiger partial charge in [-0.2, -0.15) is 0 Å². The van der Waals surface area contributed by atoms with Crippen LogP contribution in [0.15, 0.2) is 45.7 Å². The van der Waals surface area contributed by atoms with Crippen molar-refractivity contribution in [1.29, 1.82) is 0 Å². The summed E-state index contributed by atoms with van der Waals surface area (Å²) in [5.41, 5.74) is 0.511. The second kappa shape index (κ2) is 5.91. The van der Waals surface area contributed by atoms with Crippen LogP contribution >= 0.6 is 0 Å². The Morgan fingerprint density at radius 3 is 2.33 bits per heavy atom. The Kier molecular flexibility index (Phi) is 4.39. The monoisotopic (exact) mass is 309 g/mol. The Morgan fingerprint density at radius 1 is 1.24 bits per heavy atom. The van der Waals surface area contributed by atoms with Crippen LogP contribution < -0.4 is 4.31 Å². The summed E-state index contributed by atoms with van der Waals surface area (Å²) in [6, 6.07) is 10.2. The zero-order valence-electron chi connectivity index (χ0n) is 12.3. The number of hydrogen-bond donors (Lipinski definition) is 1. The van der Waals surface area contributed by atoms with Gasteiger partial charge in [-0.1, -0.05) is 18.2 Å². The molecule has 0 aliphatic heterocycles. The normalized spacial score (nSPS) is 13.1. The summed E-state index contributed by atoms with van der Waals surface area (Å²) in [7, 11) is -3.78. The van der Waals surface area contributed by atoms with E-state index in [4.69, 9.17) is 4.42 Å². The lowest BCUT2D eigenvalue weighted by atomic mass is 10.3. The van der Waals surface area contributed by atoms with Crippen LogP contribution in [0.3, 0.4) is 0 Å². The van der Waals surface area contributed by atoms with Crippen LogP contribution in [0.5, 0.6) is 0 Å². The van der Waals surface area contributed by atoms with Gasteiger partial charge in [0.1, 0.15) is 16.4 Å². The number of rotatable bonds is 5. The highest BCUT2D eigenvalue weighted by Crippen LogP contribution is 2.27. The van der Waals surface area contributed by atoms with Gasteiger partial charge in [0.05, 0.1) is 18.3 Å². The van der Waals surface area contributed by atoms with Crippen LogP contribution in [0.4, 0.5) is 5.69 Å². The van der Waals surface area contributed by atoms with E-state index in [1.165, 1.54) is 10.4 Å². The Morgan fingerprint density at radius 2 is 1.86 bits per heavy atom. The molecule has 2 rings (SSSR count). The largest absolute Gasteiger partial charge is 0.465 e. The van der Waals surface area contributed by atoms with Gasteiger partial charge in [-0.25, -0.2) is 8.42 Å². The van der Waals surface area contributed by atoms with E-state index < -0.39 is 16.1 Å². The molecule has 1 N–H and O–H groups in total. The van der Waals surface area contributed by atoms with Gasteiger partial charge in [0, 0.05) is 6.07 Å². The number of aliphatic hydroxyl groups is 1. The number of furan rings is 1. The van der Waals surface area contributed by atoms with E-state index in [9.17, 15) is 13.5 Å². The Bertz CT molecular complexity index is 705. The summed E-state index contributed by atoms with van der Waals surface area (Å²) in [5, 5.41) is 9.64. The fourth-order valence-electron chi connectivity index (χ4n) is 2.16. The molecule has 0 bridgehead atoms. The van der Waals surface area contributed by atoms with E-state index >= 15 is 0 Å². The highest BCUT2D eigenvalue weighted by molar-refractivity contribution is 7.92. The molecule has 1 aromatic heterocycles. The Labute approximate surface area is 124 Å². The third-order valence-corrected chi connectivity index (χ3v) is 4.94. The zero-order chi connectivity index (χ0) is 15.6. The molecule has 1 unspecified atom stereocenters. The van der Waals surface area contributed by atoms with Crippen molar-refractivity contribution in [3.05, 3.63) is 47.9 Å². The van der Waals surface area contributed by atoms with Crippen LogP contribution in [-0.4, -0.2) is 26.2 Å². The molecule has 0 spiro atoms. The van der Waals surface area contributed by atoms with Gasteiger partial charge in [0.15, 0.2) is 0 Å². The molecular weight excluding hydrogens is 290 g/mol. The molecular formula is C15H19NO4S. The maximum absolute atomic E-state index is 12.9. The van der Waals surface area contributed by atoms with E-state index in [2.05, 4.69) is 0 Å². The number of aryl methyl sites for hydroxylation is 2. The standard InChI is InChI=1S/C15H19NO4S/c1-11(17)10-16(14-7-5-4-6-8-14)21(18,19)15-9-12(2)20-13(15)3/h4-9,11,17H,10H2,1-3H3. The second-order valence-corrected chi connectivity index (χ2v) is 6.83. The lowest BCUT2D eigenvalue weighted by molar-refractivity contribution is 0.204. The van der Waals surface area contributed by atoms with E-state index in [1.54, 1.807) is 45.0 Å². The lowest BCUT2D eigenvalue weighted by Gasteiger charge is -2.25. The van der Waals surface area contributed by atoms with Crippen LogP contribution in [0.1, 0.15) is 18.4 Å². The molecule has 1 atom stereocenters. The number of anilines is 1. The van der Waals surface area contributed by atoms with Gasteiger partial charge < -0.3 is 9.52 Å². The van der Waals surface area contributed by atoms with Crippen molar-refractivity contribution in [3.8, 4) is 0 Å². The molecule has 0 radical (unpaired) electrons. The van der Waals surface area contributed by atoms with Crippen molar-refractivity contribution >= 4 is 15.7 Å². The quantitative estimate of drug-likeness (QED) is 0.921. The zero-order valence-corrected chi connectivity index (χ0v) is 13.1. The molecule has 1 heterocycles. The summed E-state index contributed by atoms with van der Waals surface area (Å²) in [5.74, 6) is 0.884. The summed E-state index contributed by atoms with van der Waals surface area (Å²) in [6.07, 6.45) is -0.784. The number of sulfonamides is 1. The van der Waals surface area contributed by atoms with Crippen molar-refractivity contribution < 1.29 is 17.9 Å². The van der Waals surface area contributed by atoms with Crippen molar-refractivity contribution in [2.24, 2.45) is 0 Å². The fourth-order valence-corrected chi connectivity index (χ4v) is 3.93. The first kappa shape index (κ1) is 15.6. The average molecular weight is 309 g/mol. The smallest absolute Gasteiger partial charge is 0.267 e. The minimum Gasteiger partial charge on any atom is -0.465 e. The maximum atomic E-state index is 12.9. The number of aliphatic hydroxyl groups excluding tert-OH is 1. The minimum atomic E-state index is -3.78. The highest BCUT2D eigenvalue weighted by atomic mass is 32.2. The number of para-hydroxylation sites is 1. The Balaban J connectivity index is 2.52. The van der Waals surface area contributed by atoms with Crippen LogP contribution in [-0.2, 0) is 10.0 Å². The summed E-state index contributed by atoms with van der Waals surface area (Å²) in [6.45, 7) is 4.86. The molecule has 21 heavy (non-hydrogen) atoms. The average Bonchev–Trinajstić information content (AvgIpc) is 2.76. The molecule has 0 amide bonds. The molecule has 0 saturated heterocycles. The summed E-state index contributed by atoms with van der Waals surface area (Å²) < 4.78 is 32.2. The van der Waals surface area contributed by atoms with Crippen molar-refractivity contribution in [1.82, 2.24) is 0 Å². The molecule has 0 aliphatic carbocycles. The minimum absolute atomic E-state index is 0.0178. The lowest BCUT2D eigenvalue weighted by Crippen LogP contribution is -2.36. The molecule has 2 aromatic rings. The highest BCUT2D eigenvalue weighted by Gasteiger charge is 2.29. The maximum Gasteiger partial charge on any atom is 0.267 e. The van der Waals surface area contributed by atoms with Gasteiger partial charge in [-0.05, 0) is 32.9 Å². The fraction of sp³-hybridized carbons (Fsp3) is 0.333. The number of hydrogen-bond acceptors (Lipinski definition) is 4. The summed E-state index contributed by atoms with van der Waals surface area (Å²) >= 11 is 0. The van der Waals surface area contributed by atoms with E-state index in [1.807, 2.05) is 6.07 Å². The molecule has 5 nitrogen and oxygen atoms in total. The third-order valence-electron chi connectivity index (χ3n) is 3.04. The second-order valence-electron chi connectivity index (χ2n) is 5.00. The third kappa shape index (κ3) is 3.28. The van der Waals surface area contributed by atoms with Gasteiger partial charge in [0.2, 0.25) is 0 Å². The van der Waals surface area contributed by atoms with E-state index in [-0.39, 0.29) is 11.4 Å². The molecule has 0 fully saturated rings. The van der Waals surface area contributed by atoms with E-state index in [0.717, 1.165) is 0 Å². The topological polar surface area (TPSA) is 70.8 Å². The predicted octanol–water partition coefficient (Wildman–Crippen LogP) is 2.47. The molecule has 1 aromatic carbocycles.